The van der Waals surface area contributed by atoms with Crippen molar-refractivity contribution in [3.63, 3.8) is 0 Å². The first-order valence-corrected chi connectivity index (χ1v) is 44.9. The molecule has 0 aromatic heterocycles. The second kappa shape index (κ2) is 71.3. The highest BCUT2D eigenvalue weighted by atomic mass is 31.2. The highest BCUT2D eigenvalue weighted by molar-refractivity contribution is 7.47. The molecule has 17 nitrogen and oxygen atoms in total. The number of carbonyl (C=O) groups is 4. The molecule has 3 N–H and O–H groups in total. The number of aliphatic hydroxyl groups excluding tert-OH is 1. The Morgan fingerprint density at radius 3 is 0.760 bits per heavy atom. The third-order valence-corrected chi connectivity index (χ3v) is 21.5. The molecule has 0 bridgehead atoms. The van der Waals surface area contributed by atoms with Gasteiger partial charge in [0.1, 0.15) is 19.3 Å². The van der Waals surface area contributed by atoms with Crippen molar-refractivity contribution in [2.75, 3.05) is 39.6 Å². The molecule has 4 unspecified atom stereocenters. The number of phosphoric ester groups is 2. The number of aliphatic hydroxyl groups is 1. The average molecular weight is 1470 g/mol. The van der Waals surface area contributed by atoms with Crippen molar-refractivity contribution < 1.29 is 80.2 Å². The molecule has 0 radical (unpaired) electrons. The zero-order chi connectivity index (χ0) is 73.7. The standard InChI is InChI=1S/C81H158O17P2/c1-8-11-12-13-14-15-35-40-48-55-62-78(83)92-69-77(98-81(86)65-58-51-44-43-47-54-61-74(7)10-3)71-96-100(89,90)94-67-75(82)66-93-99(87,88)95-70-76(68-91-79(84)63-56-49-41-36-31-27-24-20-21-25-29-33-38-45-52-59-72(4)5)97-80(85)64-57-50-42-37-32-28-23-19-17-16-18-22-26-30-34-39-46-53-60-73(6)9-2/h72-77,82H,8-71H2,1-7H3,(H,87,88)(H,89,90)/t73?,74?,75-,76-,77-/m1/s1. The van der Waals surface area contributed by atoms with Crippen LogP contribution in [0.25, 0.3) is 0 Å². The summed E-state index contributed by atoms with van der Waals surface area (Å²) in [6.45, 7) is 12.0. The maximum Gasteiger partial charge on any atom is 0.472 e. The van der Waals surface area contributed by atoms with Crippen LogP contribution in [0, 0.1) is 17.8 Å². The van der Waals surface area contributed by atoms with Crippen LogP contribution in [0.5, 0.6) is 0 Å². The monoisotopic (exact) mass is 1470 g/mol. The fraction of sp³-hybridized carbons (Fsp3) is 0.951. The van der Waals surface area contributed by atoms with Crippen LogP contribution in [-0.4, -0.2) is 96.7 Å². The molecule has 0 rings (SSSR count). The van der Waals surface area contributed by atoms with Crippen LogP contribution < -0.4 is 0 Å². The normalized spacial score (nSPS) is 14.5. The van der Waals surface area contributed by atoms with Crippen molar-refractivity contribution >= 4 is 39.5 Å². The van der Waals surface area contributed by atoms with E-state index in [-0.39, 0.29) is 25.7 Å². The maximum absolute atomic E-state index is 13.1. The van der Waals surface area contributed by atoms with Crippen molar-refractivity contribution in [1.29, 1.82) is 0 Å². The summed E-state index contributed by atoms with van der Waals surface area (Å²) in [4.78, 5) is 72.9. The predicted octanol–water partition coefficient (Wildman–Crippen LogP) is 24.1. The Hall–Kier alpha value is -1.94. The third kappa shape index (κ3) is 71.7. The van der Waals surface area contributed by atoms with Crippen LogP contribution in [-0.2, 0) is 65.4 Å². The highest BCUT2D eigenvalue weighted by Gasteiger charge is 2.30. The van der Waals surface area contributed by atoms with Gasteiger partial charge in [-0.05, 0) is 43.4 Å². The largest absolute Gasteiger partial charge is 0.472 e. The summed E-state index contributed by atoms with van der Waals surface area (Å²) in [7, 11) is -9.92. The van der Waals surface area contributed by atoms with Gasteiger partial charge in [-0.25, -0.2) is 9.13 Å². The maximum atomic E-state index is 13.1. The molecule has 19 heteroatoms. The molecular weight excluding hydrogens is 1310 g/mol. The summed E-state index contributed by atoms with van der Waals surface area (Å²) in [6, 6.07) is 0. The Kier molecular flexibility index (Phi) is 69.9. The molecule has 0 fully saturated rings. The number of rotatable bonds is 79. The number of ether oxygens (including phenoxy) is 4. The van der Waals surface area contributed by atoms with E-state index in [1.54, 1.807) is 0 Å². The Bertz CT molecular complexity index is 1940. The first kappa shape index (κ1) is 98.1. The van der Waals surface area contributed by atoms with E-state index in [2.05, 4.69) is 48.5 Å². The molecule has 0 aliphatic rings. The number of carbonyl (C=O) groups excluding carboxylic acids is 4. The van der Waals surface area contributed by atoms with Gasteiger partial charge in [-0.2, -0.15) is 0 Å². The summed E-state index contributed by atoms with van der Waals surface area (Å²) in [5.74, 6) is 0.283. The highest BCUT2D eigenvalue weighted by Crippen LogP contribution is 2.45. The minimum Gasteiger partial charge on any atom is -0.462 e. The van der Waals surface area contributed by atoms with Crippen molar-refractivity contribution in [2.45, 2.75) is 439 Å². The Balaban J connectivity index is 5.19. The predicted molar refractivity (Wildman–Crippen MR) is 409 cm³/mol. The van der Waals surface area contributed by atoms with Gasteiger partial charge in [0.2, 0.25) is 0 Å². The molecular formula is C81H158O17P2. The smallest absolute Gasteiger partial charge is 0.462 e. The first-order valence-electron chi connectivity index (χ1n) is 41.9. The Morgan fingerprint density at radius 1 is 0.290 bits per heavy atom. The minimum absolute atomic E-state index is 0.103. The lowest BCUT2D eigenvalue weighted by atomic mass is 9.99. The van der Waals surface area contributed by atoms with Gasteiger partial charge in [-0.1, -0.05) is 370 Å². The summed E-state index contributed by atoms with van der Waals surface area (Å²) in [6.07, 6.45) is 59.8. The van der Waals surface area contributed by atoms with Crippen molar-refractivity contribution in [2.24, 2.45) is 17.8 Å². The summed E-state index contributed by atoms with van der Waals surface area (Å²) >= 11 is 0. The van der Waals surface area contributed by atoms with Crippen LogP contribution in [0.2, 0.25) is 0 Å². The molecule has 0 aliphatic carbocycles. The number of esters is 4. The Labute approximate surface area is 613 Å². The van der Waals surface area contributed by atoms with Gasteiger partial charge in [0.15, 0.2) is 12.2 Å². The van der Waals surface area contributed by atoms with Gasteiger partial charge >= 0.3 is 39.5 Å². The van der Waals surface area contributed by atoms with Gasteiger partial charge in [0.05, 0.1) is 26.4 Å². The van der Waals surface area contributed by atoms with E-state index in [0.29, 0.717) is 25.7 Å². The minimum atomic E-state index is -4.96. The van der Waals surface area contributed by atoms with Crippen LogP contribution in [0.4, 0.5) is 0 Å². The fourth-order valence-corrected chi connectivity index (χ4v) is 14.0. The third-order valence-electron chi connectivity index (χ3n) is 19.6. The topological polar surface area (TPSA) is 237 Å². The van der Waals surface area contributed by atoms with E-state index in [4.69, 9.17) is 37.0 Å². The van der Waals surface area contributed by atoms with Crippen molar-refractivity contribution in [1.82, 2.24) is 0 Å². The molecule has 7 atom stereocenters. The average Bonchev–Trinajstić information content (AvgIpc) is 0.929. The van der Waals surface area contributed by atoms with Crippen LogP contribution in [0.15, 0.2) is 0 Å². The van der Waals surface area contributed by atoms with E-state index in [1.807, 2.05) is 0 Å². The quantitative estimate of drug-likeness (QED) is 0.0222. The summed E-state index contributed by atoms with van der Waals surface area (Å²) in [5, 5.41) is 10.6. The molecule has 0 heterocycles. The van der Waals surface area contributed by atoms with E-state index in [0.717, 1.165) is 108 Å². The van der Waals surface area contributed by atoms with Gasteiger partial charge in [0, 0.05) is 25.7 Å². The molecule has 0 aromatic rings. The fourth-order valence-electron chi connectivity index (χ4n) is 12.4. The number of unbranched alkanes of at least 4 members (excludes halogenated alkanes) is 45. The van der Waals surface area contributed by atoms with Gasteiger partial charge in [-0.3, -0.25) is 37.3 Å². The molecule has 100 heavy (non-hydrogen) atoms. The lowest BCUT2D eigenvalue weighted by Crippen LogP contribution is -2.30. The van der Waals surface area contributed by atoms with Crippen molar-refractivity contribution in [3.05, 3.63) is 0 Å². The number of hydrogen-bond donors (Lipinski definition) is 3. The molecule has 594 valence electrons. The SMILES string of the molecule is CCCCCCCCCCCCC(=O)OC[C@H](COP(=O)(O)OC[C@H](O)COP(=O)(O)OC[C@@H](COC(=O)CCCCCCCCCCCCCCCCCC(C)C)OC(=O)CCCCCCCCCCCCCCCCCCCCC(C)CC)OC(=O)CCCCCCCCC(C)CC. The van der Waals surface area contributed by atoms with Gasteiger partial charge in [0.25, 0.3) is 0 Å². The zero-order valence-corrected chi connectivity index (χ0v) is 67.5. The first-order chi connectivity index (χ1) is 48.3. The van der Waals surface area contributed by atoms with Gasteiger partial charge < -0.3 is 33.8 Å². The van der Waals surface area contributed by atoms with E-state index in [9.17, 15) is 43.2 Å². The van der Waals surface area contributed by atoms with Gasteiger partial charge in [-0.15, -0.1) is 0 Å². The molecule has 0 saturated carbocycles. The zero-order valence-electron chi connectivity index (χ0n) is 65.7. The molecule has 0 aliphatic heterocycles. The van der Waals surface area contributed by atoms with Crippen LogP contribution in [0.1, 0.15) is 421 Å². The van der Waals surface area contributed by atoms with Crippen LogP contribution in [0.3, 0.4) is 0 Å². The molecule has 0 amide bonds. The lowest BCUT2D eigenvalue weighted by Gasteiger charge is -2.21. The molecule has 0 spiro atoms. The molecule has 0 aromatic carbocycles. The second-order valence-corrected chi connectivity index (χ2v) is 33.0. The van der Waals surface area contributed by atoms with E-state index >= 15 is 0 Å². The Morgan fingerprint density at radius 2 is 0.510 bits per heavy atom. The van der Waals surface area contributed by atoms with E-state index in [1.165, 1.54) is 231 Å². The second-order valence-electron chi connectivity index (χ2n) is 30.1. The number of phosphoric acid groups is 2. The lowest BCUT2D eigenvalue weighted by molar-refractivity contribution is -0.161. The van der Waals surface area contributed by atoms with Crippen LogP contribution >= 0.6 is 15.6 Å². The molecule has 0 saturated heterocycles. The number of hydrogen-bond acceptors (Lipinski definition) is 15. The summed E-state index contributed by atoms with van der Waals surface area (Å²) in [5.41, 5.74) is 0. The summed E-state index contributed by atoms with van der Waals surface area (Å²) < 4.78 is 68.6. The van der Waals surface area contributed by atoms with E-state index < -0.39 is 97.5 Å². The van der Waals surface area contributed by atoms with Crippen molar-refractivity contribution in [3.8, 4) is 0 Å².